The van der Waals surface area contributed by atoms with Crippen molar-refractivity contribution in [2.24, 2.45) is 0 Å². The van der Waals surface area contributed by atoms with Crippen molar-refractivity contribution in [3.63, 3.8) is 0 Å². The number of benzene rings is 2. The Kier molecular flexibility index (Phi) is 5.51. The second-order valence-corrected chi connectivity index (χ2v) is 6.85. The number of nitrogens with zero attached hydrogens (tertiary/aromatic N) is 1. The molecule has 3 rings (SSSR count). The molecule has 144 valence electrons. The van der Waals surface area contributed by atoms with Crippen molar-refractivity contribution in [2.45, 2.75) is 27.3 Å². The fourth-order valence-corrected chi connectivity index (χ4v) is 3.26. The number of anilines is 2. The predicted molar refractivity (Wildman–Crippen MR) is 112 cm³/mol. The zero-order chi connectivity index (χ0) is 20.4. The van der Waals surface area contributed by atoms with Crippen LogP contribution in [-0.4, -0.2) is 16.4 Å². The third-order valence-electron chi connectivity index (χ3n) is 4.47. The molecule has 0 atom stereocenters. The van der Waals surface area contributed by atoms with Gasteiger partial charge in [-0.15, -0.1) is 0 Å². The van der Waals surface area contributed by atoms with Gasteiger partial charge in [0.15, 0.2) is 0 Å². The van der Waals surface area contributed by atoms with Crippen molar-refractivity contribution < 1.29 is 9.59 Å². The molecule has 0 aliphatic carbocycles. The van der Waals surface area contributed by atoms with Gasteiger partial charge in [0.2, 0.25) is 11.3 Å². The molecule has 6 nitrogen and oxygen atoms in total. The number of nitrogens with one attached hydrogen (secondary N) is 2. The molecule has 3 aromatic rings. The number of rotatable bonds is 4. The molecule has 1 heterocycles. The summed E-state index contributed by atoms with van der Waals surface area (Å²) in [5, 5.41) is 6.42. The smallest absolute Gasteiger partial charge is 0.261 e. The van der Waals surface area contributed by atoms with Gasteiger partial charge >= 0.3 is 0 Å². The maximum absolute atomic E-state index is 12.9. The Labute approximate surface area is 167 Å². The monoisotopic (exact) mass is 397 g/mol. The van der Waals surface area contributed by atoms with E-state index in [1.54, 1.807) is 42.6 Å². The summed E-state index contributed by atoms with van der Waals surface area (Å²) in [6.45, 7) is 5.80. The predicted octanol–water partition coefficient (Wildman–Crippen LogP) is 4.19. The Morgan fingerprint density at radius 2 is 1.64 bits per heavy atom. The highest BCUT2D eigenvalue weighted by Crippen LogP contribution is 2.24. The van der Waals surface area contributed by atoms with E-state index in [9.17, 15) is 14.4 Å². The summed E-state index contributed by atoms with van der Waals surface area (Å²) >= 11 is 6.20. The van der Waals surface area contributed by atoms with E-state index in [-0.39, 0.29) is 16.9 Å². The highest BCUT2D eigenvalue weighted by Gasteiger charge is 2.17. The van der Waals surface area contributed by atoms with Crippen LogP contribution in [0, 0.1) is 6.92 Å². The lowest BCUT2D eigenvalue weighted by molar-refractivity contribution is -0.114. The van der Waals surface area contributed by atoms with E-state index < -0.39 is 5.91 Å². The van der Waals surface area contributed by atoms with Gasteiger partial charge in [-0.2, -0.15) is 0 Å². The fraction of sp³-hybridized carbons (Fsp3) is 0.190. The van der Waals surface area contributed by atoms with Crippen LogP contribution in [-0.2, 0) is 11.3 Å². The lowest BCUT2D eigenvalue weighted by Gasteiger charge is -2.14. The number of carbonyl (C=O) groups excluding carboxylic acids is 2. The third-order valence-corrected chi connectivity index (χ3v) is 4.88. The second kappa shape index (κ2) is 7.86. The molecule has 0 saturated heterocycles. The summed E-state index contributed by atoms with van der Waals surface area (Å²) in [5.41, 5.74) is 2.40. The van der Waals surface area contributed by atoms with Crippen molar-refractivity contribution in [2.75, 3.05) is 10.6 Å². The van der Waals surface area contributed by atoms with Crippen molar-refractivity contribution in [1.82, 2.24) is 4.57 Å². The summed E-state index contributed by atoms with van der Waals surface area (Å²) in [4.78, 5) is 36.7. The van der Waals surface area contributed by atoms with Crippen LogP contribution in [0.1, 0.15) is 29.8 Å². The first kappa shape index (κ1) is 19.6. The third kappa shape index (κ3) is 3.77. The molecule has 0 bridgehead atoms. The second-order valence-electron chi connectivity index (χ2n) is 6.44. The minimum absolute atomic E-state index is 0.0574. The van der Waals surface area contributed by atoms with E-state index in [2.05, 4.69) is 10.6 Å². The number of pyridine rings is 1. The molecule has 2 amide bonds. The van der Waals surface area contributed by atoms with E-state index in [1.807, 2.05) is 18.4 Å². The number of hydrogen-bond donors (Lipinski definition) is 2. The molecular weight excluding hydrogens is 378 g/mol. The summed E-state index contributed by atoms with van der Waals surface area (Å²) in [7, 11) is 0. The van der Waals surface area contributed by atoms with Crippen LogP contribution in [0.5, 0.6) is 0 Å². The number of aromatic nitrogens is 1. The first-order valence-corrected chi connectivity index (χ1v) is 9.21. The SMILES string of the molecule is CCn1cc(C(=O)Nc2ccc(NC(C)=O)cc2)c(=O)c2ccc(Cl)c(C)c21. The summed E-state index contributed by atoms with van der Waals surface area (Å²) in [6.07, 6.45) is 1.56. The number of halogens is 1. The topological polar surface area (TPSA) is 80.2 Å². The molecular formula is C21H20ClN3O3. The molecule has 7 heteroatoms. The summed E-state index contributed by atoms with van der Waals surface area (Å²) in [6, 6.07) is 9.99. The molecule has 0 aliphatic heterocycles. The van der Waals surface area contributed by atoms with Crippen molar-refractivity contribution in [1.29, 1.82) is 0 Å². The van der Waals surface area contributed by atoms with Gasteiger partial charge in [-0.05, 0) is 55.8 Å². The van der Waals surface area contributed by atoms with E-state index in [0.29, 0.717) is 28.3 Å². The minimum Gasteiger partial charge on any atom is -0.346 e. The van der Waals surface area contributed by atoms with Gasteiger partial charge in [0.05, 0.1) is 5.52 Å². The zero-order valence-corrected chi connectivity index (χ0v) is 16.6. The van der Waals surface area contributed by atoms with Gasteiger partial charge in [-0.3, -0.25) is 14.4 Å². The van der Waals surface area contributed by atoms with Gasteiger partial charge in [-0.1, -0.05) is 11.6 Å². The fourth-order valence-electron chi connectivity index (χ4n) is 3.10. The summed E-state index contributed by atoms with van der Waals surface area (Å²) < 4.78 is 1.85. The van der Waals surface area contributed by atoms with Crippen molar-refractivity contribution in [3.8, 4) is 0 Å². The minimum atomic E-state index is -0.492. The Morgan fingerprint density at radius 1 is 1.04 bits per heavy atom. The van der Waals surface area contributed by atoms with Crippen LogP contribution in [0.25, 0.3) is 10.9 Å². The average Bonchev–Trinajstić information content (AvgIpc) is 2.66. The first-order valence-electron chi connectivity index (χ1n) is 8.83. The van der Waals surface area contributed by atoms with E-state index in [4.69, 9.17) is 11.6 Å². The normalized spacial score (nSPS) is 10.7. The molecule has 0 radical (unpaired) electrons. The summed E-state index contributed by atoms with van der Waals surface area (Å²) in [5.74, 6) is -0.669. The van der Waals surface area contributed by atoms with Gasteiger partial charge < -0.3 is 15.2 Å². The van der Waals surface area contributed by atoms with Crippen LogP contribution >= 0.6 is 11.6 Å². The quantitative estimate of drug-likeness (QED) is 0.692. The molecule has 0 saturated carbocycles. The number of fused-ring (bicyclic) bond motifs is 1. The van der Waals surface area contributed by atoms with Gasteiger partial charge in [0.1, 0.15) is 5.56 Å². The van der Waals surface area contributed by atoms with Gasteiger partial charge in [0, 0.05) is 41.4 Å². The van der Waals surface area contributed by atoms with Crippen molar-refractivity contribution >= 4 is 45.7 Å². The number of carbonyl (C=O) groups is 2. The molecule has 28 heavy (non-hydrogen) atoms. The Balaban J connectivity index is 1.98. The van der Waals surface area contributed by atoms with Crippen molar-refractivity contribution in [3.05, 3.63) is 69.0 Å². The standard InChI is InChI=1S/C21H20ClN3O3/c1-4-25-11-17(20(27)16-9-10-18(22)12(2)19(16)25)21(28)24-15-7-5-14(6-8-15)23-13(3)26/h5-11H,4H2,1-3H3,(H,23,26)(H,24,28). The number of aryl methyl sites for hydroxylation is 2. The Morgan fingerprint density at radius 3 is 2.21 bits per heavy atom. The lowest BCUT2D eigenvalue weighted by atomic mass is 10.1. The zero-order valence-electron chi connectivity index (χ0n) is 15.8. The van der Waals surface area contributed by atoms with E-state index in [0.717, 1.165) is 11.1 Å². The van der Waals surface area contributed by atoms with Crippen LogP contribution < -0.4 is 16.1 Å². The van der Waals surface area contributed by atoms with Gasteiger partial charge in [0.25, 0.3) is 5.91 Å². The van der Waals surface area contributed by atoms with E-state index >= 15 is 0 Å². The highest BCUT2D eigenvalue weighted by atomic mass is 35.5. The maximum Gasteiger partial charge on any atom is 0.261 e. The van der Waals surface area contributed by atoms with Crippen LogP contribution in [0.4, 0.5) is 11.4 Å². The van der Waals surface area contributed by atoms with Crippen LogP contribution in [0.15, 0.2) is 47.4 Å². The number of hydrogen-bond acceptors (Lipinski definition) is 3. The molecule has 0 aliphatic rings. The highest BCUT2D eigenvalue weighted by molar-refractivity contribution is 6.32. The molecule has 1 aromatic heterocycles. The Hall–Kier alpha value is -3.12. The molecule has 2 aromatic carbocycles. The largest absolute Gasteiger partial charge is 0.346 e. The average molecular weight is 398 g/mol. The van der Waals surface area contributed by atoms with Gasteiger partial charge in [-0.25, -0.2) is 0 Å². The number of amides is 2. The lowest BCUT2D eigenvalue weighted by Crippen LogP contribution is -2.24. The molecule has 2 N–H and O–H groups in total. The molecule has 0 fully saturated rings. The molecule has 0 spiro atoms. The Bertz CT molecular complexity index is 1130. The maximum atomic E-state index is 12.9. The first-order chi connectivity index (χ1) is 13.3. The van der Waals surface area contributed by atoms with E-state index in [1.165, 1.54) is 6.92 Å². The molecule has 0 unspecified atom stereocenters. The van der Waals surface area contributed by atoms with Crippen LogP contribution in [0.3, 0.4) is 0 Å². The van der Waals surface area contributed by atoms with Crippen LogP contribution in [0.2, 0.25) is 5.02 Å².